The van der Waals surface area contributed by atoms with Crippen molar-refractivity contribution in [3.63, 3.8) is 0 Å². The Morgan fingerprint density at radius 3 is 2.56 bits per heavy atom. The monoisotopic (exact) mass is 271 g/mol. The first-order valence-electron chi connectivity index (χ1n) is 6.69. The molecule has 0 radical (unpaired) electrons. The van der Waals surface area contributed by atoms with Gasteiger partial charge in [0.15, 0.2) is 0 Å². The van der Waals surface area contributed by atoms with Crippen molar-refractivity contribution in [3.05, 3.63) is 34.6 Å². The van der Waals surface area contributed by atoms with E-state index >= 15 is 0 Å². The topological polar surface area (TPSA) is 12.0 Å². The molecule has 0 bridgehead atoms. The lowest BCUT2D eigenvalue weighted by Crippen LogP contribution is -2.20. The van der Waals surface area contributed by atoms with Crippen LogP contribution in [0, 0.1) is 11.7 Å². The Balaban J connectivity index is 2.34. The minimum Gasteiger partial charge on any atom is -0.310 e. The highest BCUT2D eigenvalue weighted by atomic mass is 35.5. The molecule has 0 aliphatic rings. The molecule has 0 saturated carbocycles. The molecule has 0 aliphatic heterocycles. The molecule has 0 spiro atoms. The minimum atomic E-state index is -0.284. The van der Waals surface area contributed by atoms with Crippen molar-refractivity contribution in [2.45, 2.75) is 46.1 Å². The van der Waals surface area contributed by atoms with Crippen molar-refractivity contribution in [2.75, 3.05) is 6.54 Å². The van der Waals surface area contributed by atoms with Gasteiger partial charge in [0, 0.05) is 11.1 Å². The van der Waals surface area contributed by atoms with Gasteiger partial charge in [-0.05, 0) is 43.5 Å². The van der Waals surface area contributed by atoms with Crippen LogP contribution in [-0.2, 0) is 0 Å². The summed E-state index contributed by atoms with van der Waals surface area (Å²) in [6.45, 7) is 7.52. The summed E-state index contributed by atoms with van der Waals surface area (Å²) in [6, 6.07) is 4.74. The van der Waals surface area contributed by atoms with Crippen LogP contribution < -0.4 is 5.32 Å². The molecule has 1 rings (SSSR count). The smallest absolute Gasteiger partial charge is 0.124 e. The zero-order valence-electron chi connectivity index (χ0n) is 11.5. The van der Waals surface area contributed by atoms with Crippen molar-refractivity contribution in [2.24, 2.45) is 5.92 Å². The van der Waals surface area contributed by atoms with Crippen molar-refractivity contribution in [1.29, 1.82) is 0 Å². The fourth-order valence-corrected chi connectivity index (χ4v) is 2.29. The lowest BCUT2D eigenvalue weighted by molar-refractivity contribution is 0.498. The van der Waals surface area contributed by atoms with Crippen LogP contribution in [0.25, 0.3) is 0 Å². The summed E-state index contributed by atoms with van der Waals surface area (Å²) < 4.78 is 12.9. The molecular weight excluding hydrogens is 249 g/mol. The molecule has 1 aromatic rings. The van der Waals surface area contributed by atoms with Gasteiger partial charge in [0.2, 0.25) is 0 Å². The number of halogens is 2. The van der Waals surface area contributed by atoms with Crippen molar-refractivity contribution < 1.29 is 4.39 Å². The molecule has 1 nitrogen and oxygen atoms in total. The maximum atomic E-state index is 12.9. The Morgan fingerprint density at radius 1 is 1.22 bits per heavy atom. The van der Waals surface area contributed by atoms with Crippen LogP contribution in [0.15, 0.2) is 18.2 Å². The van der Waals surface area contributed by atoms with Gasteiger partial charge in [0.1, 0.15) is 5.82 Å². The SMILES string of the molecule is CC(C)CCCCNC(C)c1ccc(F)cc1Cl. The number of benzene rings is 1. The predicted molar refractivity (Wildman–Crippen MR) is 76.5 cm³/mol. The van der Waals surface area contributed by atoms with Crippen LogP contribution in [0.5, 0.6) is 0 Å². The van der Waals surface area contributed by atoms with Gasteiger partial charge in [0.25, 0.3) is 0 Å². The molecule has 0 heterocycles. The average molecular weight is 272 g/mol. The predicted octanol–water partition coefficient (Wildman–Crippen LogP) is 4.96. The highest BCUT2D eigenvalue weighted by Gasteiger charge is 2.09. The van der Waals surface area contributed by atoms with E-state index in [2.05, 4.69) is 26.1 Å². The van der Waals surface area contributed by atoms with Crippen LogP contribution in [0.2, 0.25) is 5.02 Å². The minimum absolute atomic E-state index is 0.164. The van der Waals surface area contributed by atoms with E-state index in [0.29, 0.717) is 5.02 Å². The molecule has 102 valence electrons. The fraction of sp³-hybridized carbons (Fsp3) is 0.600. The molecule has 1 unspecified atom stereocenters. The van der Waals surface area contributed by atoms with Crippen LogP contribution in [0.4, 0.5) is 4.39 Å². The molecule has 1 N–H and O–H groups in total. The fourth-order valence-electron chi connectivity index (χ4n) is 1.96. The standard InChI is InChI=1S/C15H23ClFN/c1-11(2)6-4-5-9-18-12(3)14-8-7-13(17)10-15(14)16/h7-8,10-12,18H,4-6,9H2,1-3H3. The third kappa shape index (κ3) is 5.36. The van der Waals surface area contributed by atoms with E-state index in [1.165, 1.54) is 31.4 Å². The lowest BCUT2D eigenvalue weighted by Gasteiger charge is -2.16. The molecule has 0 fully saturated rings. The number of hydrogen-bond acceptors (Lipinski definition) is 1. The van der Waals surface area contributed by atoms with E-state index < -0.39 is 0 Å². The third-order valence-corrected chi connectivity index (χ3v) is 3.42. The zero-order chi connectivity index (χ0) is 13.5. The zero-order valence-corrected chi connectivity index (χ0v) is 12.2. The van der Waals surface area contributed by atoms with Crippen molar-refractivity contribution in [3.8, 4) is 0 Å². The molecule has 1 atom stereocenters. The van der Waals surface area contributed by atoms with Gasteiger partial charge < -0.3 is 5.32 Å². The van der Waals surface area contributed by atoms with E-state index in [4.69, 9.17) is 11.6 Å². The van der Waals surface area contributed by atoms with E-state index in [0.717, 1.165) is 18.0 Å². The first-order valence-corrected chi connectivity index (χ1v) is 7.07. The van der Waals surface area contributed by atoms with E-state index in [-0.39, 0.29) is 11.9 Å². The molecule has 3 heteroatoms. The summed E-state index contributed by atoms with van der Waals surface area (Å²) in [5, 5.41) is 3.92. The second-order valence-corrected chi connectivity index (χ2v) is 5.64. The van der Waals surface area contributed by atoms with E-state index in [1.54, 1.807) is 6.07 Å². The molecule has 0 aromatic heterocycles. The van der Waals surface area contributed by atoms with Crippen LogP contribution in [0.3, 0.4) is 0 Å². The summed E-state index contributed by atoms with van der Waals surface area (Å²) >= 11 is 6.03. The Morgan fingerprint density at radius 2 is 1.94 bits per heavy atom. The van der Waals surface area contributed by atoms with Gasteiger partial charge >= 0.3 is 0 Å². The van der Waals surface area contributed by atoms with Gasteiger partial charge in [-0.2, -0.15) is 0 Å². The maximum Gasteiger partial charge on any atom is 0.124 e. The Hall–Kier alpha value is -0.600. The highest BCUT2D eigenvalue weighted by Crippen LogP contribution is 2.23. The van der Waals surface area contributed by atoms with E-state index in [1.807, 2.05) is 0 Å². The largest absolute Gasteiger partial charge is 0.310 e. The maximum absolute atomic E-state index is 12.9. The Bertz CT molecular complexity index is 366. The summed E-state index contributed by atoms with van der Waals surface area (Å²) in [6.07, 6.45) is 3.68. The first-order chi connectivity index (χ1) is 8.50. The Kier molecular flexibility index (Phi) is 6.66. The van der Waals surface area contributed by atoms with Crippen LogP contribution >= 0.6 is 11.6 Å². The summed E-state index contributed by atoms with van der Waals surface area (Å²) in [7, 11) is 0. The van der Waals surface area contributed by atoms with Crippen molar-refractivity contribution >= 4 is 11.6 Å². The highest BCUT2D eigenvalue weighted by molar-refractivity contribution is 6.31. The van der Waals surface area contributed by atoms with Gasteiger partial charge in [-0.1, -0.05) is 44.4 Å². The summed E-state index contributed by atoms with van der Waals surface area (Å²) in [5.74, 6) is 0.488. The quantitative estimate of drug-likeness (QED) is 0.692. The van der Waals surface area contributed by atoms with Gasteiger partial charge in [-0.3, -0.25) is 0 Å². The molecule has 1 aromatic carbocycles. The molecule has 0 amide bonds. The number of unbranched alkanes of at least 4 members (excludes halogenated alkanes) is 1. The normalized spacial score (nSPS) is 13.0. The van der Waals surface area contributed by atoms with E-state index in [9.17, 15) is 4.39 Å². The molecule has 0 aliphatic carbocycles. The number of rotatable bonds is 7. The number of hydrogen-bond donors (Lipinski definition) is 1. The average Bonchev–Trinajstić information content (AvgIpc) is 2.27. The van der Waals surface area contributed by atoms with Crippen LogP contribution in [-0.4, -0.2) is 6.54 Å². The van der Waals surface area contributed by atoms with Gasteiger partial charge in [-0.15, -0.1) is 0 Å². The third-order valence-electron chi connectivity index (χ3n) is 3.09. The molecule has 18 heavy (non-hydrogen) atoms. The second kappa shape index (κ2) is 7.75. The lowest BCUT2D eigenvalue weighted by atomic mass is 10.1. The summed E-state index contributed by atoms with van der Waals surface area (Å²) in [4.78, 5) is 0. The second-order valence-electron chi connectivity index (χ2n) is 5.23. The molecule has 0 saturated heterocycles. The summed E-state index contributed by atoms with van der Waals surface area (Å²) in [5.41, 5.74) is 0.960. The molecular formula is C15H23ClFN. The van der Waals surface area contributed by atoms with Gasteiger partial charge in [0.05, 0.1) is 0 Å². The first kappa shape index (κ1) is 15.5. The van der Waals surface area contributed by atoms with Crippen LogP contribution in [0.1, 0.15) is 51.6 Å². The Labute approximate surface area is 115 Å². The number of nitrogens with one attached hydrogen (secondary N) is 1. The van der Waals surface area contributed by atoms with Crippen molar-refractivity contribution in [1.82, 2.24) is 5.32 Å². The van der Waals surface area contributed by atoms with Gasteiger partial charge in [-0.25, -0.2) is 4.39 Å².